The molecule has 0 spiro atoms. The maximum atomic E-state index is 12.7. The molecule has 0 bridgehead atoms. The van der Waals surface area contributed by atoms with Crippen LogP contribution in [0.3, 0.4) is 0 Å². The summed E-state index contributed by atoms with van der Waals surface area (Å²) >= 11 is 0. The molecule has 0 aromatic rings. The molecule has 0 fully saturated rings. The van der Waals surface area contributed by atoms with Gasteiger partial charge in [0.1, 0.15) is 19.8 Å². The molecule has 0 N–H and O–H groups in total. The topological polar surface area (TPSA) is 111 Å². The monoisotopic (exact) mass is 926 g/mol. The van der Waals surface area contributed by atoms with E-state index < -0.39 is 32.5 Å². The summed E-state index contributed by atoms with van der Waals surface area (Å²) < 4.78 is 33.7. The summed E-state index contributed by atoms with van der Waals surface area (Å²) in [5.74, 6) is -0.866. The molecule has 0 aromatic heterocycles. The minimum absolute atomic E-state index is 0.0381. The highest BCUT2D eigenvalue weighted by atomic mass is 31.2. The van der Waals surface area contributed by atoms with Crippen LogP contribution in [0.5, 0.6) is 0 Å². The first-order valence-corrected chi connectivity index (χ1v) is 26.6. The van der Waals surface area contributed by atoms with Gasteiger partial charge in [-0.1, -0.05) is 187 Å². The zero-order valence-electron chi connectivity index (χ0n) is 41.6. The number of allylic oxidation sites excluding steroid dienone is 18. The number of phosphoric acid groups is 1. The lowest BCUT2D eigenvalue weighted by Gasteiger charge is -2.28. The van der Waals surface area contributed by atoms with Crippen LogP contribution in [0.1, 0.15) is 174 Å². The van der Waals surface area contributed by atoms with Crippen LogP contribution in [0.2, 0.25) is 0 Å². The lowest BCUT2D eigenvalue weighted by atomic mass is 10.1. The first-order valence-electron chi connectivity index (χ1n) is 25.1. The van der Waals surface area contributed by atoms with Gasteiger partial charge in [0.15, 0.2) is 6.10 Å². The Morgan fingerprint density at radius 1 is 0.492 bits per heavy atom. The smallest absolute Gasteiger partial charge is 0.306 e. The molecule has 2 atom stereocenters. The van der Waals surface area contributed by atoms with Crippen molar-refractivity contribution in [3.63, 3.8) is 0 Å². The van der Waals surface area contributed by atoms with E-state index in [1.807, 2.05) is 21.1 Å². The fourth-order valence-electron chi connectivity index (χ4n) is 6.17. The van der Waals surface area contributed by atoms with Crippen molar-refractivity contribution in [1.82, 2.24) is 0 Å². The van der Waals surface area contributed by atoms with E-state index in [0.29, 0.717) is 17.4 Å². The van der Waals surface area contributed by atoms with Crippen LogP contribution in [0.4, 0.5) is 0 Å². The number of rotatable bonds is 44. The van der Waals surface area contributed by atoms with Crippen molar-refractivity contribution in [2.75, 3.05) is 47.5 Å². The van der Waals surface area contributed by atoms with Gasteiger partial charge in [0, 0.05) is 12.8 Å². The number of phosphoric ester groups is 1. The Balaban J connectivity index is 4.08. The second kappa shape index (κ2) is 45.8. The SMILES string of the molecule is CC/C=C\C/C=C\C/C=C\C/C=C\C/C=C\C/C=C\C/C=C\C/C=C\C/C=C\CCCCCCCCCC(=O)OC(COC(=O)CCCCCCCC)COP(=O)([O-])OCC[N+](C)(C)C. The van der Waals surface area contributed by atoms with Crippen molar-refractivity contribution in [3.05, 3.63) is 109 Å². The summed E-state index contributed by atoms with van der Waals surface area (Å²) in [6.07, 6.45) is 63.1. The molecule has 2 unspecified atom stereocenters. The molecule has 0 aliphatic carbocycles. The van der Waals surface area contributed by atoms with Crippen LogP contribution in [-0.2, 0) is 32.7 Å². The molecular weight excluding hydrogens is 834 g/mol. The van der Waals surface area contributed by atoms with Crippen molar-refractivity contribution in [2.24, 2.45) is 0 Å². The summed E-state index contributed by atoms with van der Waals surface area (Å²) in [7, 11) is 1.14. The molecule has 0 aliphatic rings. The largest absolute Gasteiger partial charge is 0.756 e. The van der Waals surface area contributed by atoms with E-state index in [4.69, 9.17) is 18.5 Å². The van der Waals surface area contributed by atoms with E-state index in [9.17, 15) is 19.0 Å². The molecule has 370 valence electrons. The third-order valence-corrected chi connectivity index (χ3v) is 11.0. The minimum atomic E-state index is -4.63. The Morgan fingerprint density at radius 2 is 0.877 bits per heavy atom. The van der Waals surface area contributed by atoms with Gasteiger partial charge in [-0.15, -0.1) is 0 Å². The number of ether oxygens (including phenoxy) is 2. The first-order chi connectivity index (χ1) is 31.5. The Bertz CT molecular complexity index is 1470. The number of esters is 2. The van der Waals surface area contributed by atoms with Crippen LogP contribution in [0.15, 0.2) is 109 Å². The molecule has 0 aromatic carbocycles. The van der Waals surface area contributed by atoms with Crippen LogP contribution in [-0.4, -0.2) is 70.0 Å². The number of nitrogens with zero attached hydrogens (tertiary/aromatic N) is 1. The quantitative estimate of drug-likeness (QED) is 0.0195. The molecule has 0 amide bonds. The summed E-state index contributed by atoms with van der Waals surface area (Å²) in [4.78, 5) is 37.3. The predicted octanol–water partition coefficient (Wildman–Crippen LogP) is 14.4. The molecule has 10 heteroatoms. The van der Waals surface area contributed by atoms with E-state index >= 15 is 0 Å². The summed E-state index contributed by atoms with van der Waals surface area (Å²) in [5, 5.41) is 0. The van der Waals surface area contributed by atoms with Crippen LogP contribution in [0, 0.1) is 0 Å². The molecule has 65 heavy (non-hydrogen) atoms. The normalized spacial score (nSPS) is 14.4. The number of carbonyl (C=O) groups excluding carboxylic acids is 2. The van der Waals surface area contributed by atoms with Gasteiger partial charge in [0.2, 0.25) is 0 Å². The van der Waals surface area contributed by atoms with E-state index in [-0.39, 0.29) is 26.1 Å². The third-order valence-electron chi connectivity index (χ3n) is 10.1. The van der Waals surface area contributed by atoms with Gasteiger partial charge in [-0.2, -0.15) is 0 Å². The van der Waals surface area contributed by atoms with E-state index in [1.165, 1.54) is 25.7 Å². The van der Waals surface area contributed by atoms with Crippen molar-refractivity contribution >= 4 is 19.8 Å². The van der Waals surface area contributed by atoms with Crippen molar-refractivity contribution < 1.29 is 42.1 Å². The second-order valence-electron chi connectivity index (χ2n) is 17.5. The van der Waals surface area contributed by atoms with Gasteiger partial charge < -0.3 is 27.9 Å². The maximum Gasteiger partial charge on any atom is 0.306 e. The third kappa shape index (κ3) is 49.9. The molecule has 0 aliphatic heterocycles. The Labute approximate surface area is 397 Å². The van der Waals surface area contributed by atoms with E-state index in [1.54, 1.807) is 0 Å². The van der Waals surface area contributed by atoms with Gasteiger partial charge in [-0.3, -0.25) is 14.2 Å². The van der Waals surface area contributed by atoms with Gasteiger partial charge in [0.25, 0.3) is 7.82 Å². The van der Waals surface area contributed by atoms with Gasteiger partial charge in [0.05, 0.1) is 27.7 Å². The highest BCUT2D eigenvalue weighted by Crippen LogP contribution is 2.38. The number of likely N-dealkylation sites (N-methyl/N-ethyl adjacent to an activating group) is 1. The van der Waals surface area contributed by atoms with Gasteiger partial charge in [-0.25, -0.2) is 0 Å². The average Bonchev–Trinajstić information content (AvgIpc) is 3.26. The molecule has 0 saturated heterocycles. The molecule has 0 rings (SSSR count). The number of hydrogen-bond acceptors (Lipinski definition) is 8. The molecule has 0 saturated carbocycles. The standard InChI is InChI=1S/C55H92NO8P/c1-6-8-10-12-14-15-16-17-18-19-20-21-22-23-24-25-26-27-28-29-30-31-32-33-34-35-36-37-38-39-40-41-42-44-46-48-55(58)64-53(51-61-54(57)47-45-43-13-11-9-7-2)52-63-65(59,60)62-50-49-56(3,4)5/h8,10,14-15,17-18,20-21,23-24,26-27,29-30,32-33,35-36,53H,6-7,9,11-13,16,19,22,25,28,31,34,37-52H2,1-5H3/b10-8-,15-14-,18-17-,21-20-,24-23-,27-26-,30-29-,33-32-,36-35-. The van der Waals surface area contributed by atoms with Crippen LogP contribution < -0.4 is 4.89 Å². The zero-order chi connectivity index (χ0) is 47.8. The highest BCUT2D eigenvalue weighted by Gasteiger charge is 2.21. The summed E-state index contributed by atoms with van der Waals surface area (Å²) in [5.41, 5.74) is 0. The minimum Gasteiger partial charge on any atom is -0.756 e. The second-order valence-corrected chi connectivity index (χ2v) is 18.9. The molecule has 0 radical (unpaired) electrons. The molecule has 9 nitrogen and oxygen atoms in total. The Hall–Kier alpha value is -3.33. The number of hydrogen-bond donors (Lipinski definition) is 0. The Kier molecular flexibility index (Phi) is 43.5. The van der Waals surface area contributed by atoms with Gasteiger partial charge >= 0.3 is 11.9 Å². The van der Waals surface area contributed by atoms with Crippen molar-refractivity contribution in [1.29, 1.82) is 0 Å². The molecule has 0 heterocycles. The predicted molar refractivity (Wildman–Crippen MR) is 272 cm³/mol. The number of carbonyl (C=O) groups is 2. The van der Waals surface area contributed by atoms with E-state index in [0.717, 1.165) is 116 Å². The van der Waals surface area contributed by atoms with Crippen molar-refractivity contribution in [2.45, 2.75) is 180 Å². The fraction of sp³-hybridized carbons (Fsp3) is 0.636. The lowest BCUT2D eigenvalue weighted by molar-refractivity contribution is -0.870. The van der Waals surface area contributed by atoms with E-state index in [2.05, 4.69) is 123 Å². The Morgan fingerprint density at radius 3 is 1.31 bits per heavy atom. The first kappa shape index (κ1) is 61.7. The number of unbranched alkanes of at least 4 members (excludes halogenated alkanes) is 12. The van der Waals surface area contributed by atoms with Gasteiger partial charge in [-0.05, 0) is 83.5 Å². The summed E-state index contributed by atoms with van der Waals surface area (Å²) in [6.45, 7) is 4.00. The van der Waals surface area contributed by atoms with Crippen LogP contribution in [0.25, 0.3) is 0 Å². The highest BCUT2D eigenvalue weighted by molar-refractivity contribution is 7.45. The maximum absolute atomic E-state index is 12.7. The fourth-order valence-corrected chi connectivity index (χ4v) is 6.90. The average molecular weight is 926 g/mol. The summed E-state index contributed by atoms with van der Waals surface area (Å²) in [6, 6.07) is 0. The molecular formula is C55H92NO8P. The number of quaternary nitrogens is 1. The zero-order valence-corrected chi connectivity index (χ0v) is 42.5. The lowest BCUT2D eigenvalue weighted by Crippen LogP contribution is -2.37. The van der Waals surface area contributed by atoms with Crippen molar-refractivity contribution in [3.8, 4) is 0 Å². The van der Waals surface area contributed by atoms with Crippen LogP contribution >= 0.6 is 7.82 Å².